The Balaban J connectivity index is 1.84. The first-order valence-corrected chi connectivity index (χ1v) is 5.85. The molecule has 4 heteroatoms. The quantitative estimate of drug-likeness (QED) is 0.756. The third kappa shape index (κ3) is 1.63. The third-order valence-electron chi connectivity index (χ3n) is 3.46. The first-order chi connectivity index (χ1) is 7.84. The second kappa shape index (κ2) is 3.94. The van der Waals surface area contributed by atoms with Crippen molar-refractivity contribution < 1.29 is 4.39 Å². The van der Waals surface area contributed by atoms with Crippen LogP contribution in [0, 0.1) is 5.82 Å². The van der Waals surface area contributed by atoms with Gasteiger partial charge < -0.3 is 15.5 Å². The molecule has 3 nitrogen and oxygen atoms in total. The molecule has 0 aliphatic carbocycles. The highest BCUT2D eigenvalue weighted by Gasteiger charge is 2.26. The van der Waals surface area contributed by atoms with Crippen molar-refractivity contribution in [3.05, 3.63) is 24.0 Å². The van der Waals surface area contributed by atoms with Gasteiger partial charge in [0.15, 0.2) is 0 Å². The van der Waals surface area contributed by atoms with Crippen molar-refractivity contribution in [2.24, 2.45) is 0 Å². The van der Waals surface area contributed by atoms with E-state index in [4.69, 9.17) is 0 Å². The van der Waals surface area contributed by atoms with Gasteiger partial charge >= 0.3 is 0 Å². The predicted octanol–water partition coefficient (Wildman–Crippen LogP) is 1.77. The summed E-state index contributed by atoms with van der Waals surface area (Å²) in [6, 6.07) is 5.59. The Kier molecular flexibility index (Phi) is 2.44. The van der Waals surface area contributed by atoms with Crippen molar-refractivity contribution in [3.8, 4) is 0 Å². The maximum absolute atomic E-state index is 13.1. The van der Waals surface area contributed by atoms with E-state index in [0.29, 0.717) is 6.04 Å². The summed E-state index contributed by atoms with van der Waals surface area (Å²) >= 11 is 0. The number of hydrogen-bond donors (Lipinski definition) is 2. The molecule has 0 unspecified atom stereocenters. The Morgan fingerprint density at radius 3 is 2.88 bits per heavy atom. The summed E-state index contributed by atoms with van der Waals surface area (Å²) in [6.07, 6.45) is 2.33. The summed E-state index contributed by atoms with van der Waals surface area (Å²) in [5.41, 5.74) is 2.08. The molecule has 0 bridgehead atoms. The molecule has 0 amide bonds. The van der Waals surface area contributed by atoms with Crippen LogP contribution in [-0.2, 0) is 0 Å². The topological polar surface area (TPSA) is 27.3 Å². The van der Waals surface area contributed by atoms with Crippen molar-refractivity contribution in [1.82, 2.24) is 5.32 Å². The van der Waals surface area contributed by atoms with Crippen LogP contribution in [0.1, 0.15) is 12.8 Å². The van der Waals surface area contributed by atoms with Crippen molar-refractivity contribution in [3.63, 3.8) is 0 Å². The van der Waals surface area contributed by atoms with E-state index in [1.165, 1.54) is 12.8 Å². The highest BCUT2D eigenvalue weighted by molar-refractivity contribution is 5.75. The van der Waals surface area contributed by atoms with Gasteiger partial charge in [-0.1, -0.05) is 0 Å². The monoisotopic (exact) mass is 221 g/mol. The normalized spacial score (nSPS) is 20.7. The lowest BCUT2D eigenvalue weighted by atomic mass is 10.0. The van der Waals surface area contributed by atoms with Crippen LogP contribution >= 0.6 is 0 Å². The summed E-state index contributed by atoms with van der Waals surface area (Å²) in [4.78, 5) is 2.36. The van der Waals surface area contributed by atoms with E-state index < -0.39 is 0 Å². The molecule has 0 radical (unpaired) electrons. The van der Waals surface area contributed by atoms with Crippen molar-refractivity contribution >= 4 is 11.4 Å². The Labute approximate surface area is 94.6 Å². The van der Waals surface area contributed by atoms with Gasteiger partial charge in [-0.3, -0.25) is 0 Å². The van der Waals surface area contributed by atoms with Gasteiger partial charge in [-0.2, -0.15) is 0 Å². The number of nitrogens with one attached hydrogen (secondary N) is 2. The lowest BCUT2D eigenvalue weighted by Crippen LogP contribution is -2.43. The molecule has 3 rings (SSSR count). The van der Waals surface area contributed by atoms with Gasteiger partial charge in [-0.25, -0.2) is 4.39 Å². The van der Waals surface area contributed by atoms with E-state index in [1.54, 1.807) is 12.1 Å². The smallest absolute Gasteiger partial charge is 0.125 e. The van der Waals surface area contributed by atoms with Crippen molar-refractivity contribution in [2.75, 3.05) is 30.0 Å². The standard InChI is InChI=1S/C12H16FN3/c13-9-1-2-12-11(7-9)15-8-16(12)10-3-5-14-6-4-10/h1-2,7,10,14-15H,3-6,8H2. The predicted molar refractivity (Wildman–Crippen MR) is 63.3 cm³/mol. The number of rotatable bonds is 1. The molecular formula is C12H16FN3. The largest absolute Gasteiger partial charge is 0.366 e. The van der Waals surface area contributed by atoms with Gasteiger partial charge in [0.1, 0.15) is 5.82 Å². The maximum Gasteiger partial charge on any atom is 0.125 e. The fourth-order valence-corrected chi connectivity index (χ4v) is 2.60. The molecule has 0 aromatic heterocycles. The van der Waals surface area contributed by atoms with Crippen LogP contribution in [0.25, 0.3) is 0 Å². The van der Waals surface area contributed by atoms with Crippen LogP contribution in [0.15, 0.2) is 18.2 Å². The van der Waals surface area contributed by atoms with Gasteiger partial charge in [0.05, 0.1) is 18.0 Å². The number of anilines is 2. The number of fused-ring (bicyclic) bond motifs is 1. The fraction of sp³-hybridized carbons (Fsp3) is 0.500. The average molecular weight is 221 g/mol. The first-order valence-electron chi connectivity index (χ1n) is 5.85. The molecule has 2 aliphatic rings. The molecule has 1 aromatic carbocycles. The fourth-order valence-electron chi connectivity index (χ4n) is 2.60. The zero-order valence-electron chi connectivity index (χ0n) is 9.17. The van der Waals surface area contributed by atoms with E-state index in [1.807, 2.05) is 6.07 Å². The lowest BCUT2D eigenvalue weighted by Gasteiger charge is -2.32. The van der Waals surface area contributed by atoms with Crippen LogP contribution < -0.4 is 15.5 Å². The van der Waals surface area contributed by atoms with Crippen molar-refractivity contribution in [2.45, 2.75) is 18.9 Å². The van der Waals surface area contributed by atoms with Gasteiger partial charge in [-0.15, -0.1) is 0 Å². The van der Waals surface area contributed by atoms with Crippen LogP contribution in [0.5, 0.6) is 0 Å². The minimum Gasteiger partial charge on any atom is -0.366 e. The maximum atomic E-state index is 13.1. The van der Waals surface area contributed by atoms with Gasteiger partial charge in [0.25, 0.3) is 0 Å². The minimum absolute atomic E-state index is 0.168. The van der Waals surface area contributed by atoms with E-state index >= 15 is 0 Å². The Hall–Kier alpha value is -1.29. The van der Waals surface area contributed by atoms with Gasteiger partial charge in [-0.05, 0) is 44.1 Å². The third-order valence-corrected chi connectivity index (χ3v) is 3.46. The molecule has 2 N–H and O–H groups in total. The summed E-state index contributed by atoms with van der Waals surface area (Å²) in [7, 11) is 0. The number of benzene rings is 1. The Morgan fingerprint density at radius 1 is 1.25 bits per heavy atom. The summed E-state index contributed by atoms with van der Waals surface area (Å²) in [6.45, 7) is 2.97. The molecular weight excluding hydrogens is 205 g/mol. The molecule has 2 aliphatic heterocycles. The zero-order chi connectivity index (χ0) is 11.0. The molecule has 0 atom stereocenters. The molecule has 86 valence electrons. The Bertz CT molecular complexity index is 388. The summed E-state index contributed by atoms with van der Waals surface area (Å²) < 4.78 is 13.1. The molecule has 1 fully saturated rings. The van der Waals surface area contributed by atoms with E-state index in [2.05, 4.69) is 15.5 Å². The van der Waals surface area contributed by atoms with Crippen LogP contribution in [0.2, 0.25) is 0 Å². The molecule has 2 heterocycles. The molecule has 1 aromatic rings. The van der Waals surface area contributed by atoms with Crippen LogP contribution in [0.3, 0.4) is 0 Å². The SMILES string of the molecule is Fc1ccc2c(c1)NCN2C1CCNCC1. The number of nitrogens with zero attached hydrogens (tertiary/aromatic N) is 1. The van der Waals surface area contributed by atoms with E-state index in [9.17, 15) is 4.39 Å². The summed E-state index contributed by atoms with van der Waals surface area (Å²) in [5.74, 6) is -0.168. The average Bonchev–Trinajstić information content (AvgIpc) is 2.73. The molecule has 0 spiro atoms. The minimum atomic E-state index is -0.168. The van der Waals surface area contributed by atoms with Crippen LogP contribution in [0.4, 0.5) is 15.8 Å². The van der Waals surface area contributed by atoms with Gasteiger partial charge in [0.2, 0.25) is 0 Å². The number of piperidine rings is 1. The second-order valence-corrected chi connectivity index (χ2v) is 4.45. The number of hydrogen-bond acceptors (Lipinski definition) is 3. The highest BCUT2D eigenvalue weighted by Crippen LogP contribution is 2.34. The van der Waals surface area contributed by atoms with Gasteiger partial charge in [0, 0.05) is 6.04 Å². The highest BCUT2D eigenvalue weighted by atomic mass is 19.1. The second-order valence-electron chi connectivity index (χ2n) is 4.45. The molecule has 1 saturated heterocycles. The van der Waals surface area contributed by atoms with Crippen molar-refractivity contribution in [1.29, 1.82) is 0 Å². The molecule has 16 heavy (non-hydrogen) atoms. The number of halogens is 1. The first kappa shape index (κ1) is 9.90. The van der Waals surface area contributed by atoms with Crippen LogP contribution in [-0.4, -0.2) is 25.8 Å². The summed E-state index contributed by atoms with van der Waals surface area (Å²) in [5, 5.41) is 6.62. The van der Waals surface area contributed by atoms with E-state index in [0.717, 1.165) is 31.1 Å². The lowest BCUT2D eigenvalue weighted by molar-refractivity contribution is 0.438. The zero-order valence-corrected chi connectivity index (χ0v) is 9.17. The molecule has 0 saturated carbocycles. The van der Waals surface area contributed by atoms with E-state index in [-0.39, 0.29) is 5.82 Å². The Morgan fingerprint density at radius 2 is 2.06 bits per heavy atom.